The molecule has 0 radical (unpaired) electrons. The molecule has 0 spiro atoms. The van der Waals surface area contributed by atoms with Crippen molar-refractivity contribution in [3.63, 3.8) is 0 Å². The molecule has 27 heavy (non-hydrogen) atoms. The largest absolute Gasteiger partial charge is 0.321 e. The van der Waals surface area contributed by atoms with Gasteiger partial charge in [0.25, 0.3) is 5.91 Å². The number of hydrogen-bond acceptors (Lipinski definition) is 2. The van der Waals surface area contributed by atoms with Crippen LogP contribution in [0.4, 0.5) is 5.69 Å². The number of anilines is 1. The Morgan fingerprint density at radius 3 is 2.15 bits per heavy atom. The molecule has 0 saturated carbocycles. The molecule has 0 unspecified atom stereocenters. The fraction of sp³-hybridized carbons (Fsp3) is 0.130. The summed E-state index contributed by atoms with van der Waals surface area (Å²) in [5, 5.41) is 3.31. The highest BCUT2D eigenvalue weighted by Crippen LogP contribution is 2.25. The summed E-state index contributed by atoms with van der Waals surface area (Å²) in [5.74, 6) is -0.440. The highest BCUT2D eigenvalue weighted by Gasteiger charge is 2.18. The first-order chi connectivity index (χ1) is 12.9. The van der Waals surface area contributed by atoms with Crippen LogP contribution in [0, 0.1) is 20.8 Å². The third-order valence-electron chi connectivity index (χ3n) is 4.60. The maximum absolute atomic E-state index is 12.9. The van der Waals surface area contributed by atoms with Crippen molar-refractivity contribution < 1.29 is 9.59 Å². The topological polar surface area (TPSA) is 46.2 Å². The lowest BCUT2D eigenvalue weighted by Crippen LogP contribution is -2.16. The first-order valence-electron chi connectivity index (χ1n) is 8.65. The lowest BCUT2D eigenvalue weighted by atomic mass is 9.99. The van der Waals surface area contributed by atoms with Crippen LogP contribution in [0.15, 0.2) is 60.7 Å². The van der Waals surface area contributed by atoms with E-state index in [0.717, 1.165) is 16.7 Å². The number of halogens is 1. The summed E-state index contributed by atoms with van der Waals surface area (Å²) < 4.78 is 0. The second-order valence-electron chi connectivity index (χ2n) is 6.59. The second-order valence-corrected chi connectivity index (χ2v) is 7.03. The molecule has 3 nitrogen and oxygen atoms in total. The van der Waals surface area contributed by atoms with E-state index in [1.54, 1.807) is 42.5 Å². The Bertz CT molecular complexity index is 1030. The predicted octanol–water partition coefficient (Wildman–Crippen LogP) is 5.75. The second kappa shape index (κ2) is 7.77. The van der Waals surface area contributed by atoms with Crippen LogP contribution in [0.5, 0.6) is 0 Å². The van der Waals surface area contributed by atoms with E-state index in [-0.39, 0.29) is 11.7 Å². The summed E-state index contributed by atoms with van der Waals surface area (Å²) in [6.07, 6.45) is 0. The number of carbonyl (C=O) groups excluding carboxylic acids is 2. The molecule has 0 saturated heterocycles. The molecule has 4 heteroatoms. The van der Waals surface area contributed by atoms with Gasteiger partial charge in [-0.25, -0.2) is 0 Å². The van der Waals surface area contributed by atoms with Crippen molar-refractivity contribution in [2.45, 2.75) is 20.8 Å². The molecule has 0 heterocycles. The number of ketones is 1. The average molecular weight is 378 g/mol. The molecule has 0 fully saturated rings. The standard InChI is InChI=1S/C23H20ClNO2/c1-14-11-16(3)19(12-15(14)2)23(27)25-21-10-9-18(24)13-20(21)22(26)17-7-5-4-6-8-17/h4-13H,1-3H3,(H,25,27). The molecule has 0 atom stereocenters. The summed E-state index contributed by atoms with van der Waals surface area (Å²) >= 11 is 6.10. The van der Waals surface area contributed by atoms with Gasteiger partial charge in [0.1, 0.15) is 0 Å². The van der Waals surface area contributed by atoms with E-state index in [2.05, 4.69) is 5.32 Å². The molecule has 0 aliphatic rings. The van der Waals surface area contributed by atoms with Crippen LogP contribution in [0.1, 0.15) is 43.0 Å². The third kappa shape index (κ3) is 4.09. The van der Waals surface area contributed by atoms with Gasteiger partial charge in [-0.3, -0.25) is 9.59 Å². The van der Waals surface area contributed by atoms with E-state index in [4.69, 9.17) is 11.6 Å². The Morgan fingerprint density at radius 2 is 1.44 bits per heavy atom. The molecular formula is C23H20ClNO2. The van der Waals surface area contributed by atoms with E-state index in [9.17, 15) is 9.59 Å². The predicted molar refractivity (Wildman–Crippen MR) is 110 cm³/mol. The van der Waals surface area contributed by atoms with Gasteiger partial charge in [0.05, 0.1) is 5.69 Å². The lowest BCUT2D eigenvalue weighted by molar-refractivity contribution is 0.102. The van der Waals surface area contributed by atoms with Gasteiger partial charge in [-0.15, -0.1) is 0 Å². The Morgan fingerprint density at radius 1 is 0.778 bits per heavy atom. The molecular weight excluding hydrogens is 358 g/mol. The summed E-state index contributed by atoms with van der Waals surface area (Å²) in [7, 11) is 0. The van der Waals surface area contributed by atoms with Crippen molar-refractivity contribution in [3.8, 4) is 0 Å². The molecule has 0 bridgehead atoms. The number of nitrogens with one attached hydrogen (secondary N) is 1. The molecule has 1 N–H and O–H groups in total. The summed E-state index contributed by atoms with van der Waals surface area (Å²) in [6, 6.07) is 17.7. The maximum atomic E-state index is 12.9. The fourth-order valence-corrected chi connectivity index (χ4v) is 3.13. The van der Waals surface area contributed by atoms with Gasteiger partial charge >= 0.3 is 0 Å². The van der Waals surface area contributed by atoms with Crippen molar-refractivity contribution in [1.29, 1.82) is 0 Å². The lowest BCUT2D eigenvalue weighted by Gasteiger charge is -2.13. The minimum Gasteiger partial charge on any atom is -0.321 e. The highest BCUT2D eigenvalue weighted by molar-refractivity contribution is 6.31. The van der Waals surface area contributed by atoms with Gasteiger partial charge in [-0.05, 0) is 61.7 Å². The number of aryl methyl sites for hydroxylation is 3. The number of carbonyl (C=O) groups is 2. The fourth-order valence-electron chi connectivity index (χ4n) is 2.95. The smallest absolute Gasteiger partial charge is 0.255 e. The molecule has 3 rings (SSSR count). The molecule has 1 amide bonds. The summed E-state index contributed by atoms with van der Waals surface area (Å²) in [6.45, 7) is 5.89. The van der Waals surface area contributed by atoms with Crippen molar-refractivity contribution in [3.05, 3.63) is 99.1 Å². The minimum absolute atomic E-state index is 0.190. The van der Waals surface area contributed by atoms with Crippen LogP contribution < -0.4 is 5.32 Å². The summed E-state index contributed by atoms with van der Waals surface area (Å²) in [4.78, 5) is 25.7. The van der Waals surface area contributed by atoms with Crippen molar-refractivity contribution in [2.75, 3.05) is 5.32 Å². The first-order valence-corrected chi connectivity index (χ1v) is 9.03. The third-order valence-corrected chi connectivity index (χ3v) is 4.83. The van der Waals surface area contributed by atoms with Gasteiger partial charge in [0, 0.05) is 21.7 Å². The van der Waals surface area contributed by atoms with E-state index in [0.29, 0.717) is 27.4 Å². The molecule has 136 valence electrons. The van der Waals surface area contributed by atoms with Gasteiger partial charge in [-0.2, -0.15) is 0 Å². The van der Waals surface area contributed by atoms with E-state index in [1.807, 2.05) is 39.0 Å². The Balaban J connectivity index is 1.97. The molecule has 3 aromatic carbocycles. The molecule has 0 aromatic heterocycles. The first kappa shape index (κ1) is 18.9. The molecule has 0 aliphatic carbocycles. The molecule has 3 aromatic rings. The van der Waals surface area contributed by atoms with Gasteiger partial charge in [-0.1, -0.05) is 48.0 Å². The molecule has 0 aliphatic heterocycles. The number of hydrogen-bond donors (Lipinski definition) is 1. The van der Waals surface area contributed by atoms with Crippen molar-refractivity contribution >= 4 is 29.0 Å². The zero-order chi connectivity index (χ0) is 19.6. The van der Waals surface area contributed by atoms with Gasteiger partial charge in [0.15, 0.2) is 5.78 Å². The van der Waals surface area contributed by atoms with Crippen LogP contribution in [0.25, 0.3) is 0 Å². The number of benzene rings is 3. The average Bonchev–Trinajstić information content (AvgIpc) is 2.66. The van der Waals surface area contributed by atoms with Crippen LogP contribution in [-0.2, 0) is 0 Å². The van der Waals surface area contributed by atoms with E-state index in [1.165, 1.54) is 0 Å². The van der Waals surface area contributed by atoms with E-state index < -0.39 is 0 Å². The Hall–Kier alpha value is -2.91. The van der Waals surface area contributed by atoms with Crippen LogP contribution in [-0.4, -0.2) is 11.7 Å². The van der Waals surface area contributed by atoms with Crippen LogP contribution in [0.2, 0.25) is 5.02 Å². The summed E-state index contributed by atoms with van der Waals surface area (Å²) in [5.41, 5.74) is 5.00. The maximum Gasteiger partial charge on any atom is 0.255 e. The highest BCUT2D eigenvalue weighted by atomic mass is 35.5. The zero-order valence-electron chi connectivity index (χ0n) is 15.5. The number of amides is 1. The quantitative estimate of drug-likeness (QED) is 0.588. The Kier molecular flexibility index (Phi) is 5.43. The van der Waals surface area contributed by atoms with Gasteiger partial charge in [0.2, 0.25) is 0 Å². The Labute approximate surface area is 164 Å². The van der Waals surface area contributed by atoms with Crippen molar-refractivity contribution in [2.24, 2.45) is 0 Å². The SMILES string of the molecule is Cc1cc(C)c(C(=O)Nc2ccc(Cl)cc2C(=O)c2ccccc2)cc1C. The van der Waals surface area contributed by atoms with Gasteiger partial charge < -0.3 is 5.32 Å². The monoisotopic (exact) mass is 377 g/mol. The van der Waals surface area contributed by atoms with Crippen molar-refractivity contribution in [1.82, 2.24) is 0 Å². The van der Waals surface area contributed by atoms with Crippen LogP contribution in [0.3, 0.4) is 0 Å². The van der Waals surface area contributed by atoms with E-state index >= 15 is 0 Å². The normalized spacial score (nSPS) is 10.5. The number of rotatable bonds is 4. The van der Waals surface area contributed by atoms with Crippen LogP contribution >= 0.6 is 11.6 Å². The minimum atomic E-state index is -0.250. The zero-order valence-corrected chi connectivity index (χ0v) is 16.2.